The van der Waals surface area contributed by atoms with Gasteiger partial charge in [0.15, 0.2) is 0 Å². The van der Waals surface area contributed by atoms with Crippen LogP contribution in [0, 0.1) is 6.92 Å². The van der Waals surface area contributed by atoms with E-state index in [9.17, 15) is 14.4 Å². The molecule has 1 fully saturated rings. The zero-order chi connectivity index (χ0) is 18.6. The third kappa shape index (κ3) is 3.48. The van der Waals surface area contributed by atoms with Crippen LogP contribution in [0.1, 0.15) is 30.3 Å². The number of hydrogen-bond acceptors (Lipinski definition) is 6. The highest BCUT2D eigenvalue weighted by molar-refractivity contribution is 5.99. The molecule has 132 valence electrons. The first-order valence-corrected chi connectivity index (χ1v) is 7.81. The first-order chi connectivity index (χ1) is 12.0. The number of carbonyl (C=O) groups is 3. The van der Waals surface area contributed by atoms with E-state index in [1.165, 1.54) is 4.57 Å². The summed E-state index contributed by atoms with van der Waals surface area (Å²) < 4.78 is 1.41. The number of piperidine rings is 1. The Hall–Kier alpha value is -2.87. The standard InChI is InChI=1S/C16H18N4O3.CH2O/c1-9-18-11-5-3-4-10(8-17-2)14(11)16(23)20(9)12-6-7-13(21)19-15(12)22;1-2/h3-5,12,17H,6-8H2,1-2H3,(H,19,21,22);1H2. The van der Waals surface area contributed by atoms with Crippen molar-refractivity contribution >= 4 is 29.5 Å². The van der Waals surface area contributed by atoms with Gasteiger partial charge in [-0.3, -0.25) is 24.3 Å². The number of amides is 2. The van der Waals surface area contributed by atoms with Crippen LogP contribution >= 0.6 is 0 Å². The van der Waals surface area contributed by atoms with Crippen LogP contribution in [0.4, 0.5) is 0 Å². The van der Waals surface area contributed by atoms with Gasteiger partial charge in [0, 0.05) is 13.0 Å². The molecule has 2 amide bonds. The Balaban J connectivity index is 0.00000109. The van der Waals surface area contributed by atoms with Crippen molar-refractivity contribution in [3.8, 4) is 0 Å². The predicted molar refractivity (Wildman–Crippen MR) is 92.0 cm³/mol. The smallest absolute Gasteiger partial charge is 0.262 e. The van der Waals surface area contributed by atoms with Crippen molar-refractivity contribution < 1.29 is 14.4 Å². The SMILES string of the molecule is C=O.CNCc1cccc2nc(C)n(C3CCC(=O)NC3=O)c(=O)c12. The van der Waals surface area contributed by atoms with Crippen molar-refractivity contribution in [3.05, 3.63) is 39.9 Å². The second kappa shape index (κ2) is 7.80. The van der Waals surface area contributed by atoms with E-state index in [0.29, 0.717) is 29.7 Å². The minimum atomic E-state index is -0.695. The molecule has 2 N–H and O–H groups in total. The molecule has 25 heavy (non-hydrogen) atoms. The quantitative estimate of drug-likeness (QED) is 0.771. The van der Waals surface area contributed by atoms with Gasteiger partial charge in [-0.15, -0.1) is 0 Å². The van der Waals surface area contributed by atoms with E-state index in [1.54, 1.807) is 20.0 Å². The van der Waals surface area contributed by atoms with Crippen LogP contribution in [0.15, 0.2) is 23.0 Å². The molecule has 1 aromatic carbocycles. The molecule has 0 bridgehead atoms. The maximum absolute atomic E-state index is 13.0. The molecule has 1 aromatic heterocycles. The zero-order valence-corrected chi connectivity index (χ0v) is 14.2. The molecule has 8 heteroatoms. The Bertz CT molecular complexity index is 875. The lowest BCUT2D eigenvalue weighted by molar-refractivity contribution is -0.135. The minimum Gasteiger partial charge on any atom is -0.316 e. The van der Waals surface area contributed by atoms with Gasteiger partial charge < -0.3 is 10.1 Å². The topological polar surface area (TPSA) is 110 Å². The van der Waals surface area contributed by atoms with Gasteiger partial charge in [0.1, 0.15) is 18.7 Å². The molecule has 1 atom stereocenters. The van der Waals surface area contributed by atoms with E-state index in [2.05, 4.69) is 15.6 Å². The van der Waals surface area contributed by atoms with Crippen LogP contribution in [0.5, 0.6) is 0 Å². The van der Waals surface area contributed by atoms with E-state index in [-0.39, 0.29) is 17.9 Å². The largest absolute Gasteiger partial charge is 0.316 e. The summed E-state index contributed by atoms with van der Waals surface area (Å²) in [5.41, 5.74) is 1.21. The van der Waals surface area contributed by atoms with Crippen molar-refractivity contribution in [3.63, 3.8) is 0 Å². The summed E-state index contributed by atoms with van der Waals surface area (Å²) in [7, 11) is 1.80. The third-order valence-electron chi connectivity index (χ3n) is 4.08. The fraction of sp³-hybridized carbons (Fsp3) is 0.353. The summed E-state index contributed by atoms with van der Waals surface area (Å²) in [4.78, 5) is 48.9. The van der Waals surface area contributed by atoms with E-state index >= 15 is 0 Å². The number of carbonyl (C=O) groups excluding carboxylic acids is 3. The molecule has 3 rings (SSSR count). The van der Waals surface area contributed by atoms with Crippen LogP contribution in [-0.2, 0) is 20.9 Å². The number of nitrogens with one attached hydrogen (secondary N) is 2. The Kier molecular flexibility index (Phi) is 5.76. The number of fused-ring (bicyclic) bond motifs is 1. The summed E-state index contributed by atoms with van der Waals surface area (Å²) in [6.07, 6.45) is 0.533. The number of aromatic nitrogens is 2. The summed E-state index contributed by atoms with van der Waals surface area (Å²) in [6, 6.07) is 4.82. The molecule has 0 spiro atoms. The summed E-state index contributed by atoms with van der Waals surface area (Å²) in [5.74, 6) is -0.279. The molecule has 0 aliphatic carbocycles. The highest BCUT2D eigenvalue weighted by atomic mass is 16.2. The van der Waals surface area contributed by atoms with Crippen molar-refractivity contribution in [1.82, 2.24) is 20.2 Å². The molecule has 1 aliphatic rings. The Morgan fingerprint density at radius 2 is 2.04 bits per heavy atom. The Labute approximate surface area is 144 Å². The van der Waals surface area contributed by atoms with Crippen LogP contribution < -0.4 is 16.2 Å². The van der Waals surface area contributed by atoms with Gasteiger partial charge in [-0.05, 0) is 32.0 Å². The first-order valence-electron chi connectivity index (χ1n) is 7.81. The lowest BCUT2D eigenvalue weighted by Gasteiger charge is -2.24. The lowest BCUT2D eigenvalue weighted by atomic mass is 10.0. The van der Waals surface area contributed by atoms with Crippen molar-refractivity contribution in [2.45, 2.75) is 32.4 Å². The molecule has 0 radical (unpaired) electrons. The van der Waals surface area contributed by atoms with Crippen LogP contribution in [0.2, 0.25) is 0 Å². The van der Waals surface area contributed by atoms with Crippen molar-refractivity contribution in [2.75, 3.05) is 7.05 Å². The molecular formula is C17H20N4O4. The second-order valence-corrected chi connectivity index (χ2v) is 5.64. The van der Waals surface area contributed by atoms with Crippen molar-refractivity contribution in [2.24, 2.45) is 0 Å². The Morgan fingerprint density at radius 3 is 2.68 bits per heavy atom. The predicted octanol–water partition coefficient (Wildman–Crippen LogP) is 0.217. The summed E-state index contributed by atoms with van der Waals surface area (Å²) in [6.45, 7) is 4.24. The number of aryl methyl sites for hydroxylation is 1. The summed E-state index contributed by atoms with van der Waals surface area (Å²) in [5, 5.41) is 5.84. The number of hydrogen-bond donors (Lipinski definition) is 2. The monoisotopic (exact) mass is 344 g/mol. The number of rotatable bonds is 3. The van der Waals surface area contributed by atoms with Gasteiger partial charge in [0.05, 0.1) is 10.9 Å². The number of nitrogens with zero attached hydrogens (tertiary/aromatic N) is 2. The van der Waals surface area contributed by atoms with Crippen LogP contribution in [0.25, 0.3) is 10.9 Å². The minimum absolute atomic E-state index is 0.221. The normalized spacial score (nSPS) is 17.0. The molecule has 1 saturated heterocycles. The second-order valence-electron chi connectivity index (χ2n) is 5.64. The highest BCUT2D eigenvalue weighted by Gasteiger charge is 2.30. The molecule has 2 aromatic rings. The zero-order valence-electron chi connectivity index (χ0n) is 14.2. The molecule has 1 aliphatic heterocycles. The molecule has 8 nitrogen and oxygen atoms in total. The maximum atomic E-state index is 13.0. The number of benzene rings is 1. The number of imide groups is 1. The fourth-order valence-electron chi connectivity index (χ4n) is 3.06. The molecule has 2 heterocycles. The van der Waals surface area contributed by atoms with Gasteiger partial charge in [-0.25, -0.2) is 4.98 Å². The third-order valence-corrected chi connectivity index (χ3v) is 4.08. The van der Waals surface area contributed by atoms with Gasteiger partial charge in [0.25, 0.3) is 5.56 Å². The van der Waals surface area contributed by atoms with Gasteiger partial charge in [-0.1, -0.05) is 12.1 Å². The van der Waals surface area contributed by atoms with E-state index in [0.717, 1.165) is 5.56 Å². The molecular weight excluding hydrogens is 324 g/mol. The lowest BCUT2D eigenvalue weighted by Crippen LogP contribution is -2.45. The molecule has 1 unspecified atom stereocenters. The van der Waals surface area contributed by atoms with E-state index in [4.69, 9.17) is 4.79 Å². The average molecular weight is 344 g/mol. The summed E-state index contributed by atoms with van der Waals surface area (Å²) >= 11 is 0. The van der Waals surface area contributed by atoms with Crippen LogP contribution in [-0.4, -0.2) is 35.2 Å². The van der Waals surface area contributed by atoms with E-state index in [1.807, 2.05) is 18.9 Å². The van der Waals surface area contributed by atoms with E-state index < -0.39 is 11.9 Å². The van der Waals surface area contributed by atoms with Gasteiger partial charge in [-0.2, -0.15) is 0 Å². The van der Waals surface area contributed by atoms with Gasteiger partial charge >= 0.3 is 0 Å². The Morgan fingerprint density at radius 1 is 1.32 bits per heavy atom. The van der Waals surface area contributed by atoms with Gasteiger partial charge in [0.2, 0.25) is 11.8 Å². The van der Waals surface area contributed by atoms with Crippen molar-refractivity contribution in [1.29, 1.82) is 0 Å². The first kappa shape index (κ1) is 18.5. The molecule has 0 saturated carbocycles. The fourth-order valence-corrected chi connectivity index (χ4v) is 3.06. The maximum Gasteiger partial charge on any atom is 0.262 e. The highest BCUT2D eigenvalue weighted by Crippen LogP contribution is 2.21. The van der Waals surface area contributed by atoms with Crippen LogP contribution in [0.3, 0.4) is 0 Å². The average Bonchev–Trinajstić information content (AvgIpc) is 2.58.